The van der Waals surface area contributed by atoms with E-state index in [2.05, 4.69) is 0 Å². The van der Waals surface area contributed by atoms with E-state index >= 15 is 0 Å². The highest BCUT2D eigenvalue weighted by molar-refractivity contribution is 5.75. The van der Waals surface area contributed by atoms with Crippen LogP contribution >= 0.6 is 0 Å². The van der Waals surface area contributed by atoms with Crippen LogP contribution in [0.2, 0.25) is 0 Å². The van der Waals surface area contributed by atoms with E-state index in [9.17, 15) is 4.79 Å². The van der Waals surface area contributed by atoms with Gasteiger partial charge < -0.3 is 24.1 Å². The second-order valence-corrected chi connectivity index (χ2v) is 5.41. The van der Waals surface area contributed by atoms with Crippen LogP contribution in [0.15, 0.2) is 24.3 Å². The fourth-order valence-electron chi connectivity index (χ4n) is 2.17. The van der Waals surface area contributed by atoms with Crippen LogP contribution in [-0.4, -0.2) is 43.8 Å². The van der Waals surface area contributed by atoms with Gasteiger partial charge in [0.2, 0.25) is 0 Å². The molecule has 1 aliphatic heterocycles. The van der Waals surface area contributed by atoms with Gasteiger partial charge in [-0.2, -0.15) is 0 Å². The lowest BCUT2D eigenvalue weighted by atomic mass is 10.0. The molecule has 2 rings (SSSR count). The predicted molar refractivity (Wildman–Crippen MR) is 79.2 cm³/mol. The van der Waals surface area contributed by atoms with Gasteiger partial charge in [0.1, 0.15) is 11.5 Å². The minimum atomic E-state index is -1.50. The molecule has 1 aromatic rings. The van der Waals surface area contributed by atoms with Crippen LogP contribution in [0, 0.1) is 5.92 Å². The van der Waals surface area contributed by atoms with Gasteiger partial charge in [-0.1, -0.05) is 0 Å². The Morgan fingerprint density at radius 1 is 1.27 bits per heavy atom. The standard InChI is InChI=1S/C16H22O6/c1-16(15(17)18)21-10-12(11-22-16)4-3-9-20-14-7-5-13(19-2)6-8-14/h5-8,12H,3-4,9-11H2,1-2H3,(H,17,18). The molecule has 22 heavy (non-hydrogen) atoms. The zero-order valence-corrected chi connectivity index (χ0v) is 12.9. The van der Waals surface area contributed by atoms with Crippen LogP contribution in [0.1, 0.15) is 19.8 Å². The Bertz CT molecular complexity index is 476. The lowest BCUT2D eigenvalue weighted by Gasteiger charge is -2.34. The van der Waals surface area contributed by atoms with Crippen LogP contribution in [-0.2, 0) is 14.3 Å². The molecular weight excluding hydrogens is 288 g/mol. The molecule has 1 fully saturated rings. The number of methoxy groups -OCH3 is 1. The zero-order valence-electron chi connectivity index (χ0n) is 12.9. The molecule has 6 heteroatoms. The molecule has 1 aromatic carbocycles. The molecule has 1 N–H and O–H groups in total. The molecular formula is C16H22O6. The predicted octanol–water partition coefficient (Wildman–Crippen LogP) is 2.32. The van der Waals surface area contributed by atoms with Crippen LogP contribution in [0.3, 0.4) is 0 Å². The van der Waals surface area contributed by atoms with Gasteiger partial charge in [-0.15, -0.1) is 0 Å². The molecule has 0 atom stereocenters. The summed E-state index contributed by atoms with van der Waals surface area (Å²) in [6, 6.07) is 7.43. The Balaban J connectivity index is 1.64. The normalized spacial score (nSPS) is 24.7. The minimum absolute atomic E-state index is 0.201. The Morgan fingerprint density at radius 3 is 2.41 bits per heavy atom. The number of ether oxygens (including phenoxy) is 4. The van der Waals surface area contributed by atoms with Crippen LogP contribution < -0.4 is 9.47 Å². The van der Waals surface area contributed by atoms with Gasteiger partial charge in [0.25, 0.3) is 5.79 Å². The lowest BCUT2D eigenvalue weighted by Crippen LogP contribution is -2.47. The molecule has 0 spiro atoms. The van der Waals surface area contributed by atoms with Gasteiger partial charge in [-0.3, -0.25) is 0 Å². The highest BCUT2D eigenvalue weighted by atomic mass is 16.7. The number of carboxylic acid groups (broad SMARTS) is 1. The number of hydrogen-bond donors (Lipinski definition) is 1. The van der Waals surface area contributed by atoms with Crippen LogP contribution in [0.25, 0.3) is 0 Å². The van der Waals surface area contributed by atoms with Gasteiger partial charge in [-0.25, -0.2) is 4.79 Å². The first-order valence-corrected chi connectivity index (χ1v) is 7.31. The van der Waals surface area contributed by atoms with E-state index in [0.717, 1.165) is 24.3 Å². The van der Waals surface area contributed by atoms with Crippen LogP contribution in [0.5, 0.6) is 11.5 Å². The summed E-state index contributed by atoms with van der Waals surface area (Å²) in [5, 5.41) is 8.98. The van der Waals surface area contributed by atoms with Crippen LogP contribution in [0.4, 0.5) is 0 Å². The zero-order chi connectivity index (χ0) is 16.0. The van der Waals surface area contributed by atoms with Crippen molar-refractivity contribution >= 4 is 5.97 Å². The Labute approximate surface area is 129 Å². The molecule has 1 aliphatic rings. The Morgan fingerprint density at radius 2 is 1.86 bits per heavy atom. The van der Waals surface area contributed by atoms with Crippen molar-refractivity contribution in [2.45, 2.75) is 25.6 Å². The molecule has 0 bridgehead atoms. The third kappa shape index (κ3) is 4.35. The van der Waals surface area contributed by atoms with Gasteiger partial charge >= 0.3 is 5.97 Å². The first-order valence-electron chi connectivity index (χ1n) is 7.31. The summed E-state index contributed by atoms with van der Waals surface area (Å²) in [6.07, 6.45) is 1.72. The van der Waals surface area contributed by atoms with Gasteiger partial charge in [-0.05, 0) is 37.1 Å². The molecule has 1 saturated heterocycles. The van der Waals surface area contributed by atoms with E-state index in [4.69, 9.17) is 24.1 Å². The molecule has 0 aliphatic carbocycles. The molecule has 0 unspecified atom stereocenters. The summed E-state index contributed by atoms with van der Waals surface area (Å²) < 4.78 is 21.3. The summed E-state index contributed by atoms with van der Waals surface area (Å²) in [6.45, 7) is 2.81. The van der Waals surface area contributed by atoms with E-state index in [-0.39, 0.29) is 5.92 Å². The highest BCUT2D eigenvalue weighted by Crippen LogP contribution is 2.24. The second-order valence-electron chi connectivity index (χ2n) is 5.41. The van der Waals surface area contributed by atoms with E-state index in [1.807, 2.05) is 24.3 Å². The first kappa shape index (κ1) is 16.6. The molecule has 1 heterocycles. The Hall–Kier alpha value is -1.79. The highest BCUT2D eigenvalue weighted by Gasteiger charge is 2.40. The minimum Gasteiger partial charge on any atom is -0.497 e. The molecule has 122 valence electrons. The number of rotatable bonds is 7. The third-order valence-electron chi connectivity index (χ3n) is 3.66. The van der Waals surface area contributed by atoms with E-state index in [0.29, 0.717) is 19.8 Å². The van der Waals surface area contributed by atoms with Crippen molar-refractivity contribution < 1.29 is 28.8 Å². The summed E-state index contributed by atoms with van der Waals surface area (Å²) in [5.41, 5.74) is 0. The average Bonchev–Trinajstić information content (AvgIpc) is 2.54. The molecule has 0 radical (unpaired) electrons. The fraction of sp³-hybridized carbons (Fsp3) is 0.562. The van der Waals surface area contributed by atoms with E-state index in [1.54, 1.807) is 7.11 Å². The number of aliphatic carboxylic acids is 1. The first-order chi connectivity index (χ1) is 10.5. The van der Waals surface area contributed by atoms with Crippen molar-refractivity contribution in [1.82, 2.24) is 0 Å². The number of benzene rings is 1. The average molecular weight is 310 g/mol. The van der Waals surface area contributed by atoms with Crippen molar-refractivity contribution in [2.24, 2.45) is 5.92 Å². The van der Waals surface area contributed by atoms with Gasteiger partial charge in [0.05, 0.1) is 26.9 Å². The monoisotopic (exact) mass is 310 g/mol. The number of hydrogen-bond acceptors (Lipinski definition) is 5. The van der Waals surface area contributed by atoms with Gasteiger partial charge in [0, 0.05) is 12.8 Å². The van der Waals surface area contributed by atoms with Crippen molar-refractivity contribution in [1.29, 1.82) is 0 Å². The van der Waals surface area contributed by atoms with Crippen molar-refractivity contribution in [2.75, 3.05) is 26.9 Å². The third-order valence-corrected chi connectivity index (χ3v) is 3.66. The van der Waals surface area contributed by atoms with Crippen molar-refractivity contribution in [3.8, 4) is 11.5 Å². The molecule has 0 amide bonds. The van der Waals surface area contributed by atoms with Crippen molar-refractivity contribution in [3.05, 3.63) is 24.3 Å². The number of carboxylic acids is 1. The smallest absolute Gasteiger partial charge is 0.364 e. The maximum atomic E-state index is 11.0. The summed E-state index contributed by atoms with van der Waals surface area (Å²) in [7, 11) is 1.62. The summed E-state index contributed by atoms with van der Waals surface area (Å²) in [5.74, 6) is -0.794. The SMILES string of the molecule is COc1ccc(OCCCC2COC(C)(C(=O)O)OC2)cc1. The quantitative estimate of drug-likeness (QED) is 0.779. The molecule has 6 nitrogen and oxygen atoms in total. The van der Waals surface area contributed by atoms with Gasteiger partial charge in [0.15, 0.2) is 0 Å². The largest absolute Gasteiger partial charge is 0.497 e. The van der Waals surface area contributed by atoms with E-state index in [1.165, 1.54) is 6.92 Å². The molecule has 0 aromatic heterocycles. The topological polar surface area (TPSA) is 74.2 Å². The maximum Gasteiger partial charge on any atom is 0.364 e. The number of carbonyl (C=O) groups is 1. The fourth-order valence-corrected chi connectivity index (χ4v) is 2.17. The second kappa shape index (κ2) is 7.47. The lowest BCUT2D eigenvalue weighted by molar-refractivity contribution is -0.271. The summed E-state index contributed by atoms with van der Waals surface area (Å²) >= 11 is 0. The van der Waals surface area contributed by atoms with Crippen molar-refractivity contribution in [3.63, 3.8) is 0 Å². The van der Waals surface area contributed by atoms with E-state index < -0.39 is 11.8 Å². The Kier molecular flexibility index (Phi) is 5.63. The summed E-state index contributed by atoms with van der Waals surface area (Å²) in [4.78, 5) is 11.0. The molecule has 0 saturated carbocycles. The maximum absolute atomic E-state index is 11.0.